The first-order chi connectivity index (χ1) is 16.1. The summed E-state index contributed by atoms with van der Waals surface area (Å²) in [5.41, 5.74) is 2.74. The van der Waals surface area contributed by atoms with Crippen LogP contribution in [0.5, 0.6) is 11.5 Å². The van der Waals surface area contributed by atoms with E-state index >= 15 is 0 Å². The van der Waals surface area contributed by atoms with Crippen LogP contribution in [-0.4, -0.2) is 36.9 Å². The van der Waals surface area contributed by atoms with Crippen molar-refractivity contribution in [2.24, 2.45) is 0 Å². The van der Waals surface area contributed by atoms with Crippen molar-refractivity contribution in [3.05, 3.63) is 89.5 Å². The minimum absolute atomic E-state index is 0.00585. The summed E-state index contributed by atoms with van der Waals surface area (Å²) < 4.78 is 11.6. The zero-order chi connectivity index (χ0) is 22.8. The van der Waals surface area contributed by atoms with Gasteiger partial charge in [-0.25, -0.2) is 0 Å². The molecule has 0 unspecified atom stereocenters. The second kappa shape index (κ2) is 8.62. The van der Waals surface area contributed by atoms with Crippen LogP contribution in [0.4, 0.5) is 5.69 Å². The van der Waals surface area contributed by atoms with Crippen molar-refractivity contribution >= 4 is 17.5 Å². The average Bonchev–Trinajstić information content (AvgIpc) is 3.13. The number of carbonyl (C=O) groups excluding carboxylic acids is 2. The predicted molar refractivity (Wildman–Crippen MR) is 126 cm³/mol. The molecule has 2 amide bonds. The molecule has 0 atom stereocenters. The molecule has 3 aromatic carbocycles. The minimum atomic E-state index is -0.659. The number of amides is 2. The lowest BCUT2D eigenvalue weighted by Crippen LogP contribution is -2.48. The van der Waals surface area contributed by atoms with E-state index in [0.717, 1.165) is 16.8 Å². The molecule has 0 radical (unpaired) electrons. The lowest BCUT2D eigenvalue weighted by atomic mass is 9.73. The van der Waals surface area contributed by atoms with Crippen LogP contribution in [0.2, 0.25) is 0 Å². The van der Waals surface area contributed by atoms with E-state index in [1.165, 1.54) is 0 Å². The third-order valence-electron chi connectivity index (χ3n) is 6.66. The van der Waals surface area contributed by atoms with Gasteiger partial charge in [0.05, 0.1) is 12.5 Å². The number of methoxy groups -OCH3 is 1. The van der Waals surface area contributed by atoms with Gasteiger partial charge in [0.2, 0.25) is 5.91 Å². The average molecular weight is 443 g/mol. The van der Waals surface area contributed by atoms with Crippen LogP contribution in [-0.2, 0) is 16.8 Å². The number of hydrogen-bond donors (Lipinski definition) is 1. The minimum Gasteiger partial charge on any atom is -0.493 e. The standard InChI is InChI=1S/C27H26N2O4/c1-32-23-16-21-22(17-24(23)33-18-19-8-4-2-5-9-19)28-26(31)27(21)12-14-29(15-13-27)25(30)20-10-6-3-7-11-20/h2-11,16-17H,12-15,18H2,1H3,(H,28,31). The Kier molecular flexibility index (Phi) is 5.50. The number of likely N-dealkylation sites (tertiary alicyclic amines) is 1. The summed E-state index contributed by atoms with van der Waals surface area (Å²) in [4.78, 5) is 27.8. The van der Waals surface area contributed by atoms with Gasteiger partial charge in [0.15, 0.2) is 11.5 Å². The van der Waals surface area contributed by atoms with Crippen LogP contribution in [0.25, 0.3) is 0 Å². The third-order valence-corrected chi connectivity index (χ3v) is 6.66. The van der Waals surface area contributed by atoms with Gasteiger partial charge in [-0.3, -0.25) is 9.59 Å². The Morgan fingerprint density at radius 1 is 0.970 bits per heavy atom. The molecule has 33 heavy (non-hydrogen) atoms. The van der Waals surface area contributed by atoms with E-state index in [4.69, 9.17) is 9.47 Å². The molecule has 1 N–H and O–H groups in total. The number of piperidine rings is 1. The highest BCUT2D eigenvalue weighted by Gasteiger charge is 2.49. The SMILES string of the molecule is COc1cc2c(cc1OCc1ccccc1)NC(=O)C21CCN(C(=O)c2ccccc2)CC1. The summed E-state index contributed by atoms with van der Waals surface area (Å²) in [6, 6.07) is 23.0. The molecule has 5 rings (SSSR count). The number of benzene rings is 3. The summed E-state index contributed by atoms with van der Waals surface area (Å²) >= 11 is 0. The molecule has 0 bridgehead atoms. The molecule has 1 saturated heterocycles. The molecule has 6 heteroatoms. The fourth-order valence-electron chi connectivity index (χ4n) is 4.78. The summed E-state index contributed by atoms with van der Waals surface area (Å²) in [6.45, 7) is 1.45. The molecule has 0 aromatic heterocycles. The van der Waals surface area contributed by atoms with Gasteiger partial charge in [0.1, 0.15) is 6.61 Å². The largest absolute Gasteiger partial charge is 0.493 e. The molecular weight excluding hydrogens is 416 g/mol. The predicted octanol–water partition coefficient (Wildman–Crippen LogP) is 4.40. The van der Waals surface area contributed by atoms with Crippen molar-refractivity contribution in [3.63, 3.8) is 0 Å². The van der Waals surface area contributed by atoms with E-state index in [1.54, 1.807) is 7.11 Å². The van der Waals surface area contributed by atoms with E-state index in [-0.39, 0.29) is 11.8 Å². The normalized spacial score (nSPS) is 16.3. The Labute approximate surface area is 193 Å². The molecule has 0 aliphatic carbocycles. The summed E-state index contributed by atoms with van der Waals surface area (Å²) in [7, 11) is 1.61. The summed E-state index contributed by atoms with van der Waals surface area (Å²) in [6.07, 6.45) is 1.13. The van der Waals surface area contributed by atoms with E-state index in [1.807, 2.05) is 77.7 Å². The third kappa shape index (κ3) is 3.82. The van der Waals surface area contributed by atoms with Gasteiger partial charge in [-0.15, -0.1) is 0 Å². The van der Waals surface area contributed by atoms with Gasteiger partial charge >= 0.3 is 0 Å². The molecule has 2 aliphatic rings. The van der Waals surface area contributed by atoms with Crippen molar-refractivity contribution in [1.29, 1.82) is 0 Å². The highest BCUT2D eigenvalue weighted by atomic mass is 16.5. The van der Waals surface area contributed by atoms with Crippen LogP contribution in [0.3, 0.4) is 0 Å². The number of carbonyl (C=O) groups is 2. The first-order valence-electron chi connectivity index (χ1n) is 11.2. The fourth-order valence-corrected chi connectivity index (χ4v) is 4.78. The number of nitrogens with one attached hydrogen (secondary N) is 1. The Morgan fingerprint density at radius 3 is 2.30 bits per heavy atom. The first kappa shape index (κ1) is 21.1. The van der Waals surface area contributed by atoms with Gasteiger partial charge < -0.3 is 19.7 Å². The Hall–Kier alpha value is -3.80. The van der Waals surface area contributed by atoms with Crippen LogP contribution < -0.4 is 14.8 Å². The van der Waals surface area contributed by atoms with E-state index < -0.39 is 5.41 Å². The lowest BCUT2D eigenvalue weighted by Gasteiger charge is -2.38. The van der Waals surface area contributed by atoms with Gasteiger partial charge in [-0.1, -0.05) is 48.5 Å². The van der Waals surface area contributed by atoms with Crippen molar-refractivity contribution in [2.45, 2.75) is 24.9 Å². The van der Waals surface area contributed by atoms with Gasteiger partial charge in [0, 0.05) is 30.4 Å². The van der Waals surface area contributed by atoms with E-state index in [9.17, 15) is 9.59 Å². The molecule has 6 nitrogen and oxygen atoms in total. The highest BCUT2D eigenvalue weighted by molar-refractivity contribution is 6.07. The molecule has 0 saturated carbocycles. The number of anilines is 1. The Morgan fingerprint density at radius 2 is 1.64 bits per heavy atom. The number of rotatable bonds is 5. The maximum absolute atomic E-state index is 13.1. The van der Waals surface area contributed by atoms with Crippen LogP contribution in [0.15, 0.2) is 72.8 Å². The topological polar surface area (TPSA) is 67.9 Å². The lowest BCUT2D eigenvalue weighted by molar-refractivity contribution is -0.122. The van der Waals surface area contributed by atoms with Crippen molar-refractivity contribution < 1.29 is 19.1 Å². The molecule has 2 aliphatic heterocycles. The van der Waals surface area contributed by atoms with Gasteiger partial charge in [0.25, 0.3) is 5.91 Å². The first-order valence-corrected chi connectivity index (χ1v) is 11.2. The molecule has 1 fully saturated rings. The number of fused-ring (bicyclic) bond motifs is 2. The number of ether oxygens (including phenoxy) is 2. The highest BCUT2D eigenvalue weighted by Crippen LogP contribution is 2.49. The van der Waals surface area contributed by atoms with E-state index in [0.29, 0.717) is 49.6 Å². The van der Waals surface area contributed by atoms with Crippen LogP contribution in [0.1, 0.15) is 34.3 Å². The zero-order valence-corrected chi connectivity index (χ0v) is 18.5. The smallest absolute Gasteiger partial charge is 0.253 e. The molecule has 3 aromatic rings. The van der Waals surface area contributed by atoms with E-state index in [2.05, 4.69) is 5.32 Å². The maximum atomic E-state index is 13.1. The summed E-state index contributed by atoms with van der Waals surface area (Å²) in [5, 5.41) is 3.05. The second-order valence-electron chi connectivity index (χ2n) is 8.52. The monoisotopic (exact) mass is 442 g/mol. The Balaban J connectivity index is 1.36. The maximum Gasteiger partial charge on any atom is 0.253 e. The van der Waals surface area contributed by atoms with Gasteiger partial charge in [-0.2, -0.15) is 0 Å². The number of hydrogen-bond acceptors (Lipinski definition) is 4. The second-order valence-corrected chi connectivity index (χ2v) is 8.52. The summed E-state index contributed by atoms with van der Waals surface area (Å²) in [5.74, 6) is 1.18. The zero-order valence-electron chi connectivity index (χ0n) is 18.5. The fraction of sp³-hybridized carbons (Fsp3) is 0.259. The van der Waals surface area contributed by atoms with Gasteiger partial charge in [-0.05, 0) is 42.2 Å². The van der Waals surface area contributed by atoms with Crippen molar-refractivity contribution in [3.8, 4) is 11.5 Å². The van der Waals surface area contributed by atoms with Crippen LogP contribution >= 0.6 is 0 Å². The molecule has 2 heterocycles. The molecule has 168 valence electrons. The Bertz CT molecular complexity index is 1170. The van der Waals surface area contributed by atoms with Crippen molar-refractivity contribution in [1.82, 2.24) is 4.90 Å². The number of nitrogens with zero attached hydrogens (tertiary/aromatic N) is 1. The molecular formula is C27H26N2O4. The van der Waals surface area contributed by atoms with Crippen LogP contribution in [0, 0.1) is 0 Å². The van der Waals surface area contributed by atoms with Crippen molar-refractivity contribution in [2.75, 3.05) is 25.5 Å². The molecule has 1 spiro atoms. The quantitative estimate of drug-likeness (QED) is 0.636.